The largest absolute Gasteiger partial charge is 0.374 e. The normalized spacial score (nSPS) is 27.5. The number of aliphatic imine (C=N–C) groups is 3. The summed E-state index contributed by atoms with van der Waals surface area (Å²) in [6.45, 7) is 1.22. The lowest BCUT2D eigenvalue weighted by atomic mass is 9.97. The van der Waals surface area contributed by atoms with Crippen molar-refractivity contribution in [3.63, 3.8) is 0 Å². The van der Waals surface area contributed by atoms with Crippen LogP contribution in [0.15, 0.2) is 130 Å². The Kier molecular flexibility index (Phi) is 9.95. The molecule has 10 nitrogen and oxygen atoms in total. The second kappa shape index (κ2) is 15.1. The third kappa shape index (κ3) is 7.21. The zero-order chi connectivity index (χ0) is 34.6. The average molecular weight is 706 g/mol. The van der Waals surface area contributed by atoms with E-state index in [2.05, 4.69) is 28.6 Å². The third-order valence-corrected chi connectivity index (χ3v) is 9.96. The lowest BCUT2D eigenvalue weighted by molar-refractivity contribution is -0.268. The van der Waals surface area contributed by atoms with Crippen LogP contribution in [-0.4, -0.2) is 70.4 Å². The summed E-state index contributed by atoms with van der Waals surface area (Å²) in [6.07, 6.45) is -0.501. The maximum Gasteiger partial charge on any atom is 0.220 e. The summed E-state index contributed by atoms with van der Waals surface area (Å²) < 4.78 is 26.1. The van der Waals surface area contributed by atoms with Gasteiger partial charge in [-0.25, -0.2) is 0 Å². The van der Waals surface area contributed by atoms with E-state index in [9.17, 15) is 5.11 Å². The van der Waals surface area contributed by atoms with Crippen molar-refractivity contribution in [1.82, 2.24) is 10.4 Å². The molecule has 2 N–H and O–H groups in total. The van der Waals surface area contributed by atoms with Crippen molar-refractivity contribution in [2.24, 2.45) is 15.0 Å². The van der Waals surface area contributed by atoms with E-state index in [0.717, 1.165) is 29.5 Å². The standard InChI is InChI=1S/C40H40ClN5O5/c41-39-44-37(43-32-21-20-30-18-10-11-19-31(30)32)38-42-22-34(46(38)45-39)40(47)36(50-25-29-16-8-3-9-17-29)35(49-24-28-14-6-2-7-15-28)33(51-40)26-48-23-27-12-4-1-5-13-27/h1-19,32-36,47H,20-26H2,(H,43,44,45)/t32-,33+,34?,35+,36+,40-/m0/s1. The molecule has 262 valence electrons. The summed E-state index contributed by atoms with van der Waals surface area (Å²) in [7, 11) is 0. The maximum atomic E-state index is 12.8. The molecule has 51 heavy (non-hydrogen) atoms. The minimum absolute atomic E-state index is 0.0687. The SMILES string of the molecule is O[C@@]1(C2CN=C3C(=N[C@H]4CCc5ccccc54)N=C(Cl)NN32)O[C@H](COCc2ccccc2)[C@@H](OCc2ccccc2)[C@H]1OCc1ccccc1. The molecule has 11 heteroatoms. The number of rotatable bonds is 12. The van der Waals surface area contributed by atoms with E-state index >= 15 is 0 Å². The van der Waals surface area contributed by atoms with Gasteiger partial charge in [-0.15, -0.1) is 0 Å². The number of halogens is 1. The van der Waals surface area contributed by atoms with Gasteiger partial charge in [-0.2, -0.15) is 4.99 Å². The van der Waals surface area contributed by atoms with Gasteiger partial charge in [0.05, 0.1) is 39.0 Å². The van der Waals surface area contributed by atoms with Gasteiger partial charge in [0.15, 0.2) is 11.7 Å². The molecule has 4 aromatic carbocycles. The van der Waals surface area contributed by atoms with Crippen molar-refractivity contribution in [3.8, 4) is 0 Å². The van der Waals surface area contributed by atoms with Gasteiger partial charge in [-0.05, 0) is 52.3 Å². The molecule has 0 amide bonds. The number of fused-ring (bicyclic) bond motifs is 2. The third-order valence-electron chi connectivity index (χ3n) is 9.79. The first-order valence-electron chi connectivity index (χ1n) is 17.4. The zero-order valence-electron chi connectivity index (χ0n) is 28.1. The number of ether oxygens (including phenoxy) is 4. The van der Waals surface area contributed by atoms with E-state index in [1.165, 1.54) is 11.1 Å². The number of amidine groups is 3. The van der Waals surface area contributed by atoms with Crippen LogP contribution in [0.2, 0.25) is 0 Å². The Balaban J connectivity index is 1.09. The molecule has 4 aliphatic rings. The molecule has 3 heterocycles. The summed E-state index contributed by atoms with van der Waals surface area (Å²) in [6, 6.07) is 37.2. The smallest absolute Gasteiger partial charge is 0.220 e. The zero-order valence-corrected chi connectivity index (χ0v) is 28.8. The van der Waals surface area contributed by atoms with Gasteiger partial charge < -0.3 is 24.1 Å². The Hall–Kier alpha value is -4.42. The molecule has 0 saturated carbocycles. The van der Waals surface area contributed by atoms with Crippen molar-refractivity contribution in [3.05, 3.63) is 143 Å². The summed E-state index contributed by atoms with van der Waals surface area (Å²) in [5, 5.41) is 14.7. The van der Waals surface area contributed by atoms with E-state index < -0.39 is 30.1 Å². The number of aliphatic hydroxyl groups is 1. The second-order valence-electron chi connectivity index (χ2n) is 13.2. The van der Waals surface area contributed by atoms with Gasteiger partial charge in [0, 0.05) is 0 Å². The van der Waals surface area contributed by atoms with Gasteiger partial charge in [0.25, 0.3) is 0 Å². The summed E-state index contributed by atoms with van der Waals surface area (Å²) in [4.78, 5) is 14.5. The highest BCUT2D eigenvalue weighted by Crippen LogP contribution is 2.41. The van der Waals surface area contributed by atoms with Gasteiger partial charge in [0.1, 0.15) is 24.4 Å². The number of benzene rings is 4. The van der Waals surface area contributed by atoms with Crippen molar-refractivity contribution in [2.75, 3.05) is 13.2 Å². The van der Waals surface area contributed by atoms with Crippen LogP contribution >= 0.6 is 11.6 Å². The van der Waals surface area contributed by atoms with Crippen LogP contribution in [0.1, 0.15) is 40.3 Å². The lowest BCUT2D eigenvalue weighted by Crippen LogP contribution is -2.65. The molecule has 3 aliphatic heterocycles. The van der Waals surface area contributed by atoms with Gasteiger partial charge in [0.2, 0.25) is 11.1 Å². The van der Waals surface area contributed by atoms with Crippen LogP contribution in [0.5, 0.6) is 0 Å². The predicted octanol–water partition coefficient (Wildman–Crippen LogP) is 5.74. The minimum Gasteiger partial charge on any atom is -0.374 e. The van der Waals surface area contributed by atoms with Gasteiger partial charge in [-0.3, -0.25) is 20.4 Å². The van der Waals surface area contributed by atoms with E-state index in [1.54, 1.807) is 5.01 Å². The molecule has 0 aromatic heterocycles. The molecule has 0 radical (unpaired) electrons. The Labute approximate surface area is 302 Å². The van der Waals surface area contributed by atoms with Crippen molar-refractivity contribution in [2.45, 2.75) is 68.8 Å². The highest BCUT2D eigenvalue weighted by Gasteiger charge is 2.63. The monoisotopic (exact) mass is 705 g/mol. The number of hydrazine groups is 1. The van der Waals surface area contributed by atoms with Gasteiger partial charge >= 0.3 is 0 Å². The lowest BCUT2D eigenvalue weighted by Gasteiger charge is -2.40. The van der Waals surface area contributed by atoms with Gasteiger partial charge in [-0.1, -0.05) is 115 Å². The fourth-order valence-corrected chi connectivity index (χ4v) is 7.45. The Bertz CT molecular complexity index is 1900. The highest BCUT2D eigenvalue weighted by atomic mass is 35.5. The van der Waals surface area contributed by atoms with E-state index in [0.29, 0.717) is 18.3 Å². The molecule has 8 rings (SSSR count). The van der Waals surface area contributed by atoms with E-state index in [4.69, 9.17) is 40.5 Å². The average Bonchev–Trinajstić information content (AvgIpc) is 3.85. The van der Waals surface area contributed by atoms with Crippen LogP contribution in [0.25, 0.3) is 0 Å². The summed E-state index contributed by atoms with van der Waals surface area (Å²) in [5.41, 5.74) is 8.55. The first kappa shape index (κ1) is 33.7. The predicted molar refractivity (Wildman–Crippen MR) is 195 cm³/mol. The second-order valence-corrected chi connectivity index (χ2v) is 13.5. The molecule has 4 aromatic rings. The number of nitrogens with zero attached hydrogens (tertiary/aromatic N) is 4. The number of nitrogens with one attached hydrogen (secondary N) is 1. The van der Waals surface area contributed by atoms with Crippen molar-refractivity contribution < 1.29 is 24.1 Å². The van der Waals surface area contributed by atoms with E-state index in [1.807, 2.05) is 97.1 Å². The fourth-order valence-electron chi connectivity index (χ4n) is 7.28. The highest BCUT2D eigenvalue weighted by molar-refractivity contribution is 6.67. The quantitative estimate of drug-likeness (QED) is 0.181. The molecule has 0 spiro atoms. The number of hydrogen-bond acceptors (Lipinski definition) is 9. The summed E-state index contributed by atoms with van der Waals surface area (Å²) >= 11 is 6.62. The van der Waals surface area contributed by atoms with Crippen molar-refractivity contribution in [1.29, 1.82) is 0 Å². The minimum atomic E-state index is -1.91. The molecule has 0 bridgehead atoms. The molecule has 1 unspecified atom stereocenters. The fraction of sp³-hybridized carbons (Fsp3) is 0.325. The van der Waals surface area contributed by atoms with Crippen LogP contribution < -0.4 is 5.43 Å². The van der Waals surface area contributed by atoms with Crippen molar-refractivity contribution >= 4 is 28.6 Å². The Morgan fingerprint density at radius 3 is 2.18 bits per heavy atom. The maximum absolute atomic E-state index is 12.8. The Morgan fingerprint density at radius 1 is 0.843 bits per heavy atom. The Morgan fingerprint density at radius 2 is 1.47 bits per heavy atom. The number of aryl methyl sites for hydroxylation is 1. The van der Waals surface area contributed by atoms with E-state index in [-0.39, 0.29) is 37.7 Å². The first-order valence-corrected chi connectivity index (χ1v) is 17.8. The molecular formula is C40H40ClN5O5. The topological polar surface area (TPSA) is 110 Å². The molecule has 1 aliphatic carbocycles. The van der Waals surface area contributed by atoms with Crippen LogP contribution in [0, 0.1) is 0 Å². The molecule has 6 atom stereocenters. The molecular weight excluding hydrogens is 666 g/mol. The van der Waals surface area contributed by atoms with Crippen LogP contribution in [0.3, 0.4) is 0 Å². The molecule has 1 saturated heterocycles. The van der Waals surface area contributed by atoms with Crippen LogP contribution in [0.4, 0.5) is 0 Å². The van der Waals surface area contributed by atoms with Crippen LogP contribution in [-0.2, 0) is 45.2 Å². The first-order chi connectivity index (χ1) is 25.0. The summed E-state index contributed by atoms with van der Waals surface area (Å²) in [5.74, 6) is -1.02. The number of hydrogen-bond donors (Lipinski definition) is 2. The molecule has 1 fully saturated rings.